The standard InChI is InChI=1S/C11H15NO2/c1-11(2,3)14-10-7-5-4-6-9(10)8-12-13/h4-8,13H,1-3H3. The van der Waals surface area contributed by atoms with E-state index in [1.165, 1.54) is 6.21 Å². The fraction of sp³-hybridized carbons (Fsp3) is 0.364. The molecule has 3 nitrogen and oxygen atoms in total. The number of rotatable bonds is 2. The van der Waals surface area contributed by atoms with Crippen LogP contribution in [0.1, 0.15) is 26.3 Å². The molecule has 1 aromatic carbocycles. The molecule has 0 saturated heterocycles. The molecule has 0 bridgehead atoms. The molecule has 0 saturated carbocycles. The second-order valence-corrected chi connectivity index (χ2v) is 4.00. The zero-order valence-electron chi connectivity index (χ0n) is 8.69. The fourth-order valence-electron chi connectivity index (χ4n) is 1.07. The van der Waals surface area contributed by atoms with Crippen LogP contribution >= 0.6 is 0 Å². The van der Waals surface area contributed by atoms with Crippen LogP contribution in [0.4, 0.5) is 0 Å². The summed E-state index contributed by atoms with van der Waals surface area (Å²) in [6, 6.07) is 7.44. The van der Waals surface area contributed by atoms with E-state index in [4.69, 9.17) is 9.94 Å². The van der Waals surface area contributed by atoms with Crippen molar-refractivity contribution >= 4 is 6.21 Å². The smallest absolute Gasteiger partial charge is 0.128 e. The topological polar surface area (TPSA) is 41.8 Å². The van der Waals surface area contributed by atoms with Crippen molar-refractivity contribution in [2.45, 2.75) is 26.4 Å². The third-order valence-electron chi connectivity index (χ3n) is 1.53. The van der Waals surface area contributed by atoms with Crippen LogP contribution in [0.5, 0.6) is 5.75 Å². The Labute approximate surface area is 84.0 Å². The van der Waals surface area contributed by atoms with Crippen molar-refractivity contribution in [2.75, 3.05) is 0 Å². The first-order valence-corrected chi connectivity index (χ1v) is 4.48. The van der Waals surface area contributed by atoms with Gasteiger partial charge in [0.1, 0.15) is 11.4 Å². The Morgan fingerprint density at radius 2 is 1.93 bits per heavy atom. The van der Waals surface area contributed by atoms with Gasteiger partial charge in [-0.15, -0.1) is 0 Å². The van der Waals surface area contributed by atoms with Gasteiger partial charge < -0.3 is 9.94 Å². The van der Waals surface area contributed by atoms with Crippen molar-refractivity contribution < 1.29 is 9.94 Å². The van der Waals surface area contributed by atoms with Crippen LogP contribution in [0.2, 0.25) is 0 Å². The van der Waals surface area contributed by atoms with E-state index in [2.05, 4.69) is 5.16 Å². The molecule has 0 spiro atoms. The molecule has 0 unspecified atom stereocenters. The Bertz CT molecular complexity index is 326. The quantitative estimate of drug-likeness (QED) is 0.445. The van der Waals surface area contributed by atoms with Gasteiger partial charge in [-0.25, -0.2) is 0 Å². The molecule has 76 valence electrons. The van der Waals surface area contributed by atoms with E-state index >= 15 is 0 Å². The summed E-state index contributed by atoms with van der Waals surface area (Å²) in [5.74, 6) is 0.720. The average Bonchev–Trinajstić information content (AvgIpc) is 2.06. The fourth-order valence-corrected chi connectivity index (χ4v) is 1.07. The zero-order valence-corrected chi connectivity index (χ0v) is 8.69. The molecule has 14 heavy (non-hydrogen) atoms. The molecule has 1 aromatic rings. The Morgan fingerprint density at radius 3 is 2.50 bits per heavy atom. The van der Waals surface area contributed by atoms with Crippen molar-refractivity contribution in [3.8, 4) is 5.75 Å². The Kier molecular flexibility index (Phi) is 3.12. The normalized spacial score (nSPS) is 11.9. The van der Waals surface area contributed by atoms with Crippen LogP contribution < -0.4 is 4.74 Å². The maximum absolute atomic E-state index is 8.46. The molecule has 0 aliphatic rings. The summed E-state index contributed by atoms with van der Waals surface area (Å²) in [6.07, 6.45) is 1.36. The molecular weight excluding hydrogens is 178 g/mol. The lowest BCUT2D eigenvalue weighted by Crippen LogP contribution is -2.23. The van der Waals surface area contributed by atoms with Gasteiger partial charge >= 0.3 is 0 Å². The number of hydrogen-bond acceptors (Lipinski definition) is 3. The predicted molar refractivity (Wildman–Crippen MR) is 56.2 cm³/mol. The summed E-state index contributed by atoms with van der Waals surface area (Å²) < 4.78 is 5.68. The second-order valence-electron chi connectivity index (χ2n) is 4.00. The van der Waals surface area contributed by atoms with Gasteiger partial charge in [-0.2, -0.15) is 0 Å². The van der Waals surface area contributed by atoms with Crippen LogP contribution in [0, 0.1) is 0 Å². The highest BCUT2D eigenvalue weighted by Crippen LogP contribution is 2.21. The van der Waals surface area contributed by atoms with E-state index in [1.54, 1.807) is 0 Å². The highest BCUT2D eigenvalue weighted by molar-refractivity contribution is 5.82. The lowest BCUT2D eigenvalue weighted by Gasteiger charge is -2.22. The molecular formula is C11H15NO2. The van der Waals surface area contributed by atoms with Gasteiger partial charge in [0.25, 0.3) is 0 Å². The van der Waals surface area contributed by atoms with Gasteiger partial charge in [0.05, 0.1) is 6.21 Å². The predicted octanol–water partition coefficient (Wildman–Crippen LogP) is 2.67. The van der Waals surface area contributed by atoms with E-state index in [9.17, 15) is 0 Å². The summed E-state index contributed by atoms with van der Waals surface area (Å²) in [5.41, 5.74) is 0.518. The number of para-hydroxylation sites is 1. The van der Waals surface area contributed by atoms with Gasteiger partial charge in [-0.05, 0) is 32.9 Å². The molecule has 0 aliphatic carbocycles. The van der Waals surface area contributed by atoms with Gasteiger partial charge in [0.2, 0.25) is 0 Å². The maximum Gasteiger partial charge on any atom is 0.128 e. The Hall–Kier alpha value is -1.51. The molecule has 1 rings (SSSR count). The maximum atomic E-state index is 8.46. The van der Waals surface area contributed by atoms with E-state index in [-0.39, 0.29) is 5.60 Å². The number of hydrogen-bond donors (Lipinski definition) is 1. The molecule has 0 amide bonds. The largest absolute Gasteiger partial charge is 0.487 e. The van der Waals surface area contributed by atoms with Crippen molar-refractivity contribution in [1.82, 2.24) is 0 Å². The van der Waals surface area contributed by atoms with E-state index in [0.717, 1.165) is 11.3 Å². The second kappa shape index (κ2) is 4.13. The summed E-state index contributed by atoms with van der Waals surface area (Å²) in [7, 11) is 0. The summed E-state index contributed by atoms with van der Waals surface area (Å²) in [6.45, 7) is 5.92. The van der Waals surface area contributed by atoms with Crippen LogP contribution in [0.25, 0.3) is 0 Å². The number of benzene rings is 1. The summed E-state index contributed by atoms with van der Waals surface area (Å²) in [5, 5.41) is 11.4. The minimum Gasteiger partial charge on any atom is -0.487 e. The van der Waals surface area contributed by atoms with Crippen LogP contribution in [0.3, 0.4) is 0 Å². The van der Waals surface area contributed by atoms with Crippen molar-refractivity contribution in [3.63, 3.8) is 0 Å². The van der Waals surface area contributed by atoms with Crippen LogP contribution in [-0.4, -0.2) is 17.0 Å². The van der Waals surface area contributed by atoms with Crippen molar-refractivity contribution in [1.29, 1.82) is 0 Å². The highest BCUT2D eigenvalue weighted by atomic mass is 16.5. The van der Waals surface area contributed by atoms with Crippen LogP contribution in [-0.2, 0) is 0 Å². The van der Waals surface area contributed by atoms with Crippen LogP contribution in [0.15, 0.2) is 29.4 Å². The first-order chi connectivity index (χ1) is 6.53. The van der Waals surface area contributed by atoms with Gasteiger partial charge in [0.15, 0.2) is 0 Å². The lowest BCUT2D eigenvalue weighted by atomic mass is 10.1. The van der Waals surface area contributed by atoms with E-state index in [1.807, 2.05) is 45.0 Å². The molecule has 0 heterocycles. The molecule has 0 aliphatic heterocycles. The monoisotopic (exact) mass is 193 g/mol. The molecule has 1 N–H and O–H groups in total. The Balaban J connectivity index is 2.96. The van der Waals surface area contributed by atoms with E-state index in [0.29, 0.717) is 0 Å². The molecule has 0 fully saturated rings. The molecule has 0 radical (unpaired) electrons. The Morgan fingerprint density at radius 1 is 1.29 bits per heavy atom. The number of nitrogens with zero attached hydrogens (tertiary/aromatic N) is 1. The third-order valence-corrected chi connectivity index (χ3v) is 1.53. The summed E-state index contributed by atoms with van der Waals surface area (Å²) >= 11 is 0. The van der Waals surface area contributed by atoms with Gasteiger partial charge in [0, 0.05) is 5.56 Å². The summed E-state index contributed by atoms with van der Waals surface area (Å²) in [4.78, 5) is 0. The highest BCUT2D eigenvalue weighted by Gasteiger charge is 2.13. The number of ether oxygens (including phenoxy) is 1. The number of oxime groups is 1. The zero-order chi connectivity index (χ0) is 10.6. The van der Waals surface area contributed by atoms with Gasteiger partial charge in [-0.3, -0.25) is 0 Å². The first-order valence-electron chi connectivity index (χ1n) is 4.48. The van der Waals surface area contributed by atoms with Crippen molar-refractivity contribution in [3.05, 3.63) is 29.8 Å². The lowest BCUT2D eigenvalue weighted by molar-refractivity contribution is 0.130. The molecule has 0 aromatic heterocycles. The first kappa shape index (κ1) is 10.6. The minimum absolute atomic E-state index is 0.251. The van der Waals surface area contributed by atoms with Crippen molar-refractivity contribution in [2.24, 2.45) is 5.16 Å². The SMILES string of the molecule is CC(C)(C)Oc1ccccc1C=NO. The third kappa shape index (κ3) is 3.09. The average molecular weight is 193 g/mol. The van der Waals surface area contributed by atoms with E-state index < -0.39 is 0 Å². The molecule has 3 heteroatoms. The minimum atomic E-state index is -0.251. The van der Waals surface area contributed by atoms with Gasteiger partial charge in [-0.1, -0.05) is 17.3 Å². The molecule has 0 atom stereocenters.